The van der Waals surface area contributed by atoms with E-state index in [-0.39, 0.29) is 17.8 Å². The molecule has 1 amide bonds. The highest BCUT2D eigenvalue weighted by Crippen LogP contribution is 2.36. The zero-order valence-corrected chi connectivity index (χ0v) is 16.7. The van der Waals surface area contributed by atoms with Crippen molar-refractivity contribution in [1.29, 1.82) is 0 Å². The Bertz CT molecular complexity index is 1170. The number of fused-ring (bicyclic) bond motifs is 1. The molecule has 31 heavy (non-hydrogen) atoms. The van der Waals surface area contributed by atoms with E-state index in [1.54, 1.807) is 24.3 Å². The van der Waals surface area contributed by atoms with Crippen molar-refractivity contribution in [3.05, 3.63) is 64.7 Å². The summed E-state index contributed by atoms with van der Waals surface area (Å²) in [7, 11) is 0. The van der Waals surface area contributed by atoms with Crippen molar-refractivity contribution in [3.8, 4) is 0 Å². The molecule has 9 heteroatoms. The van der Waals surface area contributed by atoms with E-state index < -0.39 is 17.6 Å². The molecule has 6 nitrogen and oxygen atoms in total. The number of amides is 1. The highest BCUT2D eigenvalue weighted by molar-refractivity contribution is 5.94. The first kappa shape index (κ1) is 20.9. The number of aromatic nitrogens is 2. The van der Waals surface area contributed by atoms with Gasteiger partial charge in [-0.15, -0.1) is 0 Å². The molecule has 0 bridgehead atoms. The molecule has 2 aromatic carbocycles. The molecule has 2 heterocycles. The average molecular weight is 430 g/mol. The second-order valence-corrected chi connectivity index (χ2v) is 7.52. The van der Waals surface area contributed by atoms with Gasteiger partial charge in [0.25, 0.3) is 5.56 Å². The van der Waals surface area contributed by atoms with Crippen LogP contribution in [0.3, 0.4) is 0 Å². The number of rotatable bonds is 4. The van der Waals surface area contributed by atoms with Crippen LogP contribution in [0, 0.1) is 0 Å². The number of carbonyl (C=O) groups is 1. The zero-order valence-electron chi connectivity index (χ0n) is 16.7. The number of nitrogens with zero attached hydrogens (tertiary/aromatic N) is 3. The molecule has 0 unspecified atom stereocenters. The number of hydrogen-bond donors (Lipinski definition) is 1. The van der Waals surface area contributed by atoms with Gasteiger partial charge in [0, 0.05) is 13.1 Å². The van der Waals surface area contributed by atoms with Crippen LogP contribution < -0.4 is 15.8 Å². The summed E-state index contributed by atoms with van der Waals surface area (Å²) >= 11 is 0. The molecule has 1 aliphatic heterocycles. The van der Waals surface area contributed by atoms with Gasteiger partial charge < -0.3 is 10.2 Å². The van der Waals surface area contributed by atoms with Crippen LogP contribution in [0.2, 0.25) is 0 Å². The van der Waals surface area contributed by atoms with Gasteiger partial charge in [-0.25, -0.2) is 4.98 Å². The number of benzene rings is 2. The maximum Gasteiger partial charge on any atom is 0.416 e. The minimum atomic E-state index is -4.53. The van der Waals surface area contributed by atoms with Gasteiger partial charge in [-0.3, -0.25) is 14.2 Å². The normalized spacial score (nSPS) is 14.6. The summed E-state index contributed by atoms with van der Waals surface area (Å²) in [5.41, 5.74) is -0.0860. The lowest BCUT2D eigenvalue weighted by Crippen LogP contribution is -2.32. The average Bonchev–Trinajstić information content (AvgIpc) is 2.76. The molecular formula is C22H21F3N4O2. The third kappa shape index (κ3) is 4.55. The summed E-state index contributed by atoms with van der Waals surface area (Å²) < 4.78 is 40.9. The van der Waals surface area contributed by atoms with Crippen molar-refractivity contribution in [2.45, 2.75) is 32.0 Å². The summed E-state index contributed by atoms with van der Waals surface area (Å²) in [6, 6.07) is 10.1. The minimum absolute atomic E-state index is 0.0866. The molecule has 0 atom stereocenters. The fourth-order valence-electron chi connectivity index (χ4n) is 3.79. The van der Waals surface area contributed by atoms with E-state index >= 15 is 0 Å². The Kier molecular flexibility index (Phi) is 5.67. The number of halogens is 3. The summed E-state index contributed by atoms with van der Waals surface area (Å²) in [5.74, 6) is -0.600. The van der Waals surface area contributed by atoms with Crippen LogP contribution in [-0.2, 0) is 17.5 Å². The first-order valence-corrected chi connectivity index (χ1v) is 10.0. The lowest BCUT2D eigenvalue weighted by molar-refractivity contribution is -0.137. The molecule has 1 aliphatic rings. The zero-order chi connectivity index (χ0) is 22.0. The molecule has 4 rings (SSSR count). The van der Waals surface area contributed by atoms with Gasteiger partial charge in [0.2, 0.25) is 5.91 Å². The molecule has 0 saturated carbocycles. The summed E-state index contributed by atoms with van der Waals surface area (Å²) in [5, 5.41) is 2.94. The molecule has 1 aromatic heterocycles. The van der Waals surface area contributed by atoms with E-state index in [0.717, 1.165) is 36.0 Å². The maximum atomic E-state index is 13.2. The fraction of sp³-hybridized carbons (Fsp3) is 0.318. The lowest BCUT2D eigenvalue weighted by atomic mass is 10.1. The van der Waals surface area contributed by atoms with E-state index in [0.29, 0.717) is 29.7 Å². The van der Waals surface area contributed by atoms with Crippen LogP contribution >= 0.6 is 0 Å². The van der Waals surface area contributed by atoms with E-state index in [1.165, 1.54) is 12.4 Å². The molecule has 3 aromatic rings. The van der Waals surface area contributed by atoms with Gasteiger partial charge in [0.1, 0.15) is 6.54 Å². The highest BCUT2D eigenvalue weighted by Gasteiger charge is 2.32. The quantitative estimate of drug-likeness (QED) is 0.678. The van der Waals surface area contributed by atoms with Gasteiger partial charge in [-0.2, -0.15) is 13.2 Å². The molecule has 1 saturated heterocycles. The second kappa shape index (κ2) is 8.41. The van der Waals surface area contributed by atoms with Crippen molar-refractivity contribution in [2.24, 2.45) is 0 Å². The van der Waals surface area contributed by atoms with Crippen molar-refractivity contribution in [3.63, 3.8) is 0 Å². The van der Waals surface area contributed by atoms with Crippen LogP contribution in [0.4, 0.5) is 24.5 Å². The van der Waals surface area contributed by atoms with Crippen molar-refractivity contribution in [1.82, 2.24) is 9.55 Å². The van der Waals surface area contributed by atoms with Crippen LogP contribution in [0.25, 0.3) is 10.9 Å². The van der Waals surface area contributed by atoms with E-state index in [9.17, 15) is 22.8 Å². The second-order valence-electron chi connectivity index (χ2n) is 7.52. The molecule has 162 valence electrons. The Hall–Kier alpha value is -3.36. The topological polar surface area (TPSA) is 67.2 Å². The SMILES string of the molecule is O=C(Cn1cnc2ccccc2c1=O)Nc1cc(C(F)(F)F)ccc1N1CCCCC1. The van der Waals surface area contributed by atoms with Crippen LogP contribution in [0.5, 0.6) is 0 Å². The smallest absolute Gasteiger partial charge is 0.370 e. The monoisotopic (exact) mass is 430 g/mol. The third-order valence-electron chi connectivity index (χ3n) is 5.34. The predicted octanol–water partition coefficient (Wildman–Crippen LogP) is 4.04. The number of alkyl halides is 3. The summed E-state index contributed by atoms with van der Waals surface area (Å²) in [6.07, 6.45) is -0.323. The number of anilines is 2. The Morgan fingerprint density at radius 3 is 2.55 bits per heavy atom. The molecule has 0 aliphatic carbocycles. The van der Waals surface area contributed by atoms with Gasteiger partial charge in [0.15, 0.2) is 0 Å². The number of piperidine rings is 1. The molecular weight excluding hydrogens is 409 g/mol. The van der Waals surface area contributed by atoms with Crippen molar-refractivity contribution < 1.29 is 18.0 Å². The van der Waals surface area contributed by atoms with Gasteiger partial charge in [-0.1, -0.05) is 12.1 Å². The maximum absolute atomic E-state index is 13.2. The Morgan fingerprint density at radius 1 is 1.06 bits per heavy atom. The number of carbonyl (C=O) groups excluding carboxylic acids is 1. The van der Waals surface area contributed by atoms with E-state index in [4.69, 9.17) is 0 Å². The molecule has 1 fully saturated rings. The predicted molar refractivity (Wildman–Crippen MR) is 112 cm³/mol. The van der Waals surface area contributed by atoms with Crippen LogP contribution in [0.1, 0.15) is 24.8 Å². The fourth-order valence-corrected chi connectivity index (χ4v) is 3.79. The molecule has 1 N–H and O–H groups in total. The first-order chi connectivity index (χ1) is 14.8. The number of nitrogens with one attached hydrogen (secondary N) is 1. The van der Waals surface area contributed by atoms with Crippen molar-refractivity contribution in [2.75, 3.05) is 23.3 Å². The largest absolute Gasteiger partial charge is 0.416 e. The van der Waals surface area contributed by atoms with Gasteiger partial charge in [0.05, 0.1) is 34.2 Å². The van der Waals surface area contributed by atoms with Gasteiger partial charge in [-0.05, 0) is 49.6 Å². The molecule has 0 radical (unpaired) electrons. The Balaban J connectivity index is 1.62. The van der Waals surface area contributed by atoms with Crippen molar-refractivity contribution >= 4 is 28.2 Å². The number of hydrogen-bond acceptors (Lipinski definition) is 4. The molecule has 0 spiro atoms. The summed E-state index contributed by atoms with van der Waals surface area (Å²) in [4.78, 5) is 31.4. The number of para-hydroxylation sites is 1. The lowest BCUT2D eigenvalue weighted by Gasteiger charge is -2.31. The van der Waals surface area contributed by atoms with Crippen LogP contribution in [0.15, 0.2) is 53.6 Å². The van der Waals surface area contributed by atoms with E-state index in [2.05, 4.69) is 10.3 Å². The third-order valence-corrected chi connectivity index (χ3v) is 5.34. The summed E-state index contributed by atoms with van der Waals surface area (Å²) in [6.45, 7) is 1.07. The standard InChI is InChI=1S/C22H21F3N4O2/c23-22(24,25)15-8-9-19(28-10-4-1-5-11-28)18(12-15)27-20(30)13-29-14-26-17-7-3-2-6-16(17)21(29)31/h2-3,6-9,12,14H,1,4-5,10-11,13H2,(H,27,30). The van der Waals surface area contributed by atoms with Crippen LogP contribution in [-0.4, -0.2) is 28.5 Å². The Labute approximate surface area is 176 Å². The minimum Gasteiger partial charge on any atom is -0.370 e. The first-order valence-electron chi connectivity index (χ1n) is 10.0. The Morgan fingerprint density at radius 2 is 1.81 bits per heavy atom. The van der Waals surface area contributed by atoms with Gasteiger partial charge >= 0.3 is 6.18 Å². The highest BCUT2D eigenvalue weighted by atomic mass is 19.4. The van der Waals surface area contributed by atoms with E-state index in [1.807, 2.05) is 4.90 Å².